The quantitative estimate of drug-likeness (QED) is 0.900. The van der Waals surface area contributed by atoms with Crippen molar-refractivity contribution in [2.24, 2.45) is 0 Å². The van der Waals surface area contributed by atoms with E-state index >= 15 is 0 Å². The number of carbonyl (C=O) groups is 1. The number of nitrogens with one attached hydrogen (secondary N) is 1. The highest BCUT2D eigenvalue weighted by Gasteiger charge is 2.18. The first-order valence-corrected chi connectivity index (χ1v) is 6.95. The van der Waals surface area contributed by atoms with Crippen molar-refractivity contribution in [3.8, 4) is 0 Å². The van der Waals surface area contributed by atoms with Gasteiger partial charge < -0.3 is 10.4 Å². The molecule has 2 heterocycles. The third-order valence-corrected chi connectivity index (χ3v) is 4.06. The summed E-state index contributed by atoms with van der Waals surface area (Å²) in [5.74, 6) is -0.117. The lowest BCUT2D eigenvalue weighted by atomic mass is 9.93. The summed E-state index contributed by atoms with van der Waals surface area (Å²) >= 11 is 3.36. The van der Waals surface area contributed by atoms with E-state index in [9.17, 15) is 4.79 Å². The van der Waals surface area contributed by atoms with E-state index in [4.69, 9.17) is 5.11 Å². The number of aliphatic carboxylic acids is 1. The molecule has 0 bridgehead atoms. The minimum Gasteiger partial charge on any atom is -0.481 e. The van der Waals surface area contributed by atoms with Crippen LogP contribution in [0.1, 0.15) is 25.0 Å². The van der Waals surface area contributed by atoms with Gasteiger partial charge in [0.1, 0.15) is 10.4 Å². The summed E-state index contributed by atoms with van der Waals surface area (Å²) < 4.78 is 2.22. The van der Waals surface area contributed by atoms with Crippen molar-refractivity contribution in [3.63, 3.8) is 0 Å². The lowest BCUT2D eigenvalue weighted by Gasteiger charge is -2.26. The number of carboxylic acid groups (broad SMARTS) is 1. The number of fused-ring (bicyclic) bond motifs is 1. The average molecular weight is 325 g/mol. The van der Waals surface area contributed by atoms with Crippen molar-refractivity contribution in [2.45, 2.75) is 31.7 Å². The molecule has 7 heteroatoms. The predicted molar refractivity (Wildman–Crippen MR) is 73.3 cm³/mol. The zero-order valence-electron chi connectivity index (χ0n) is 10.1. The van der Waals surface area contributed by atoms with Crippen molar-refractivity contribution in [2.75, 3.05) is 5.32 Å². The van der Waals surface area contributed by atoms with Gasteiger partial charge in [-0.3, -0.25) is 4.79 Å². The van der Waals surface area contributed by atoms with Gasteiger partial charge in [0.15, 0.2) is 5.65 Å². The fourth-order valence-electron chi connectivity index (χ4n) is 2.05. The molecule has 1 saturated carbocycles. The molecule has 0 atom stereocenters. The first kappa shape index (κ1) is 12.4. The highest BCUT2D eigenvalue weighted by atomic mass is 79.9. The summed E-state index contributed by atoms with van der Waals surface area (Å²) in [5, 5.41) is 16.6. The largest absolute Gasteiger partial charge is 0.481 e. The van der Waals surface area contributed by atoms with Crippen LogP contribution in [0.3, 0.4) is 0 Å². The summed E-state index contributed by atoms with van der Waals surface area (Å²) in [6.07, 6.45) is 3.50. The Morgan fingerprint density at radius 2 is 2.32 bits per heavy atom. The van der Waals surface area contributed by atoms with Crippen LogP contribution < -0.4 is 5.32 Å². The monoisotopic (exact) mass is 324 g/mol. The second kappa shape index (κ2) is 4.80. The van der Waals surface area contributed by atoms with E-state index in [0.29, 0.717) is 22.0 Å². The zero-order valence-corrected chi connectivity index (χ0v) is 11.7. The van der Waals surface area contributed by atoms with Gasteiger partial charge in [-0.15, -0.1) is 5.10 Å². The Hall–Kier alpha value is -1.63. The van der Waals surface area contributed by atoms with Crippen molar-refractivity contribution in [1.29, 1.82) is 0 Å². The van der Waals surface area contributed by atoms with Crippen LogP contribution in [0, 0.1) is 0 Å². The molecule has 0 radical (unpaired) electrons. The van der Waals surface area contributed by atoms with Gasteiger partial charge in [0.25, 0.3) is 0 Å². The molecule has 2 aromatic heterocycles. The number of carboxylic acids is 1. The number of halogens is 1. The lowest BCUT2D eigenvalue weighted by Crippen LogP contribution is -2.27. The smallest absolute Gasteiger partial charge is 0.309 e. The predicted octanol–water partition coefficient (Wildman–Crippen LogP) is 2.08. The minimum absolute atomic E-state index is 0.116. The Morgan fingerprint density at radius 1 is 1.53 bits per heavy atom. The molecule has 3 rings (SSSR count). The van der Waals surface area contributed by atoms with Crippen LogP contribution in [0.4, 0.5) is 5.82 Å². The van der Waals surface area contributed by atoms with Gasteiger partial charge in [0, 0.05) is 6.04 Å². The van der Waals surface area contributed by atoms with Gasteiger partial charge in [-0.25, -0.2) is 9.50 Å². The standard InChI is InChI=1S/C12H13BrN4O2/c13-12-8(6-11(18)19)15-10-5-4-9(16-17(10)12)14-7-2-1-3-7/h4-5,7H,1-3,6H2,(H,14,16)(H,18,19). The van der Waals surface area contributed by atoms with Crippen LogP contribution >= 0.6 is 15.9 Å². The maximum Gasteiger partial charge on any atom is 0.309 e. The van der Waals surface area contributed by atoms with E-state index in [0.717, 1.165) is 5.82 Å². The zero-order chi connectivity index (χ0) is 13.4. The first-order valence-electron chi connectivity index (χ1n) is 6.16. The molecule has 1 aliphatic carbocycles. The molecule has 0 unspecified atom stereocenters. The second-order valence-electron chi connectivity index (χ2n) is 4.68. The number of aromatic nitrogens is 3. The van der Waals surface area contributed by atoms with Crippen LogP contribution in [0.15, 0.2) is 16.7 Å². The Kier molecular flexibility index (Phi) is 3.14. The van der Waals surface area contributed by atoms with Gasteiger partial charge in [-0.05, 0) is 47.3 Å². The van der Waals surface area contributed by atoms with Crippen molar-refractivity contribution in [3.05, 3.63) is 22.4 Å². The minimum atomic E-state index is -0.906. The third-order valence-electron chi connectivity index (χ3n) is 3.26. The topological polar surface area (TPSA) is 79.5 Å². The SMILES string of the molecule is O=C(O)Cc1nc2ccc(NC3CCC3)nn2c1Br. The highest BCUT2D eigenvalue weighted by Crippen LogP contribution is 2.24. The number of nitrogens with zero attached hydrogens (tertiary/aromatic N) is 3. The second-order valence-corrected chi connectivity index (χ2v) is 5.43. The van der Waals surface area contributed by atoms with Gasteiger partial charge in [0.2, 0.25) is 0 Å². The van der Waals surface area contributed by atoms with Crippen LogP contribution in [0.25, 0.3) is 5.65 Å². The number of hydrogen-bond donors (Lipinski definition) is 2. The molecule has 19 heavy (non-hydrogen) atoms. The van der Waals surface area contributed by atoms with E-state index in [1.165, 1.54) is 19.3 Å². The third kappa shape index (κ3) is 2.42. The molecule has 0 aromatic carbocycles. The van der Waals surface area contributed by atoms with Crippen molar-refractivity contribution >= 4 is 33.4 Å². The molecule has 2 aromatic rings. The van der Waals surface area contributed by atoms with Crippen LogP contribution in [0.5, 0.6) is 0 Å². The molecule has 100 valence electrons. The summed E-state index contributed by atoms with van der Waals surface area (Å²) in [6, 6.07) is 4.22. The molecule has 1 aliphatic rings. The Labute approximate surface area is 118 Å². The maximum absolute atomic E-state index is 10.8. The van der Waals surface area contributed by atoms with Gasteiger partial charge in [0.05, 0.1) is 12.1 Å². The normalized spacial score (nSPS) is 15.4. The summed E-state index contributed by atoms with van der Waals surface area (Å²) in [7, 11) is 0. The Bertz CT molecular complexity index is 636. The molecular weight excluding hydrogens is 312 g/mol. The molecule has 0 saturated heterocycles. The fourth-order valence-corrected chi connectivity index (χ4v) is 2.54. The molecule has 1 fully saturated rings. The molecule has 2 N–H and O–H groups in total. The van der Waals surface area contributed by atoms with Gasteiger partial charge >= 0.3 is 5.97 Å². The van der Waals surface area contributed by atoms with Crippen LogP contribution in [-0.4, -0.2) is 31.7 Å². The number of imidazole rings is 1. The number of hydrogen-bond acceptors (Lipinski definition) is 4. The molecule has 0 aliphatic heterocycles. The molecular formula is C12H13BrN4O2. The van der Waals surface area contributed by atoms with Crippen molar-refractivity contribution in [1.82, 2.24) is 14.6 Å². The molecule has 6 nitrogen and oxygen atoms in total. The first-order chi connectivity index (χ1) is 9.13. The van der Waals surface area contributed by atoms with E-state index in [1.807, 2.05) is 12.1 Å². The maximum atomic E-state index is 10.8. The summed E-state index contributed by atoms with van der Waals surface area (Å²) in [4.78, 5) is 15.0. The Morgan fingerprint density at radius 3 is 2.95 bits per heavy atom. The van der Waals surface area contributed by atoms with Crippen LogP contribution in [0.2, 0.25) is 0 Å². The average Bonchev–Trinajstić information content (AvgIpc) is 2.61. The van der Waals surface area contributed by atoms with Gasteiger partial charge in [-0.2, -0.15) is 0 Å². The fraction of sp³-hybridized carbons (Fsp3) is 0.417. The van der Waals surface area contributed by atoms with Crippen LogP contribution in [-0.2, 0) is 11.2 Å². The number of rotatable bonds is 4. The summed E-state index contributed by atoms with van der Waals surface area (Å²) in [5.41, 5.74) is 1.13. The highest BCUT2D eigenvalue weighted by molar-refractivity contribution is 9.10. The Balaban J connectivity index is 1.92. The van der Waals surface area contributed by atoms with E-state index in [2.05, 4.69) is 31.3 Å². The van der Waals surface area contributed by atoms with E-state index in [1.54, 1.807) is 4.52 Å². The molecule has 0 spiro atoms. The van der Waals surface area contributed by atoms with E-state index < -0.39 is 5.97 Å². The van der Waals surface area contributed by atoms with Gasteiger partial charge in [-0.1, -0.05) is 0 Å². The molecule has 0 amide bonds. The van der Waals surface area contributed by atoms with Crippen molar-refractivity contribution < 1.29 is 9.90 Å². The van der Waals surface area contributed by atoms with E-state index in [-0.39, 0.29) is 6.42 Å². The lowest BCUT2D eigenvalue weighted by molar-refractivity contribution is -0.136. The summed E-state index contributed by atoms with van der Waals surface area (Å²) in [6.45, 7) is 0. The number of anilines is 1.